The molecule has 0 atom stereocenters. The molecule has 0 bridgehead atoms. The molecule has 1 fully saturated rings. The van der Waals surface area contributed by atoms with E-state index in [0.29, 0.717) is 38.3 Å². The lowest BCUT2D eigenvalue weighted by Crippen LogP contribution is -2.37. The van der Waals surface area contributed by atoms with E-state index in [-0.39, 0.29) is 11.8 Å². The molecule has 138 valence electrons. The Morgan fingerprint density at radius 1 is 1.08 bits per heavy atom. The molecule has 0 aliphatic carbocycles. The zero-order valence-corrected chi connectivity index (χ0v) is 15.7. The highest BCUT2D eigenvalue weighted by Gasteiger charge is 2.22. The van der Waals surface area contributed by atoms with Gasteiger partial charge in [0.2, 0.25) is 11.8 Å². The predicted molar refractivity (Wildman–Crippen MR) is 98.5 cm³/mol. The van der Waals surface area contributed by atoms with Crippen molar-refractivity contribution in [2.45, 2.75) is 39.5 Å². The summed E-state index contributed by atoms with van der Waals surface area (Å²) in [7, 11) is 1.65. The lowest BCUT2D eigenvalue weighted by molar-refractivity contribution is -0.134. The normalized spacial score (nSPS) is 15.2. The van der Waals surface area contributed by atoms with Crippen LogP contribution in [0.2, 0.25) is 0 Å². The molecule has 5 nitrogen and oxygen atoms in total. The zero-order valence-electron chi connectivity index (χ0n) is 15.7. The minimum absolute atomic E-state index is 0.168. The number of methoxy groups -OCH3 is 1. The molecular formula is C20H30N2O3. The molecule has 1 saturated heterocycles. The number of ether oxygens (including phenoxy) is 1. The van der Waals surface area contributed by atoms with Crippen LogP contribution in [0.1, 0.15) is 38.7 Å². The third-order valence-electron chi connectivity index (χ3n) is 4.55. The Labute approximate surface area is 150 Å². The molecule has 0 saturated carbocycles. The maximum absolute atomic E-state index is 12.5. The van der Waals surface area contributed by atoms with Gasteiger partial charge in [0.1, 0.15) is 5.75 Å². The maximum atomic E-state index is 12.5. The van der Waals surface area contributed by atoms with Gasteiger partial charge in [0, 0.05) is 39.0 Å². The van der Waals surface area contributed by atoms with Gasteiger partial charge < -0.3 is 14.5 Å². The van der Waals surface area contributed by atoms with E-state index in [4.69, 9.17) is 4.74 Å². The van der Waals surface area contributed by atoms with Gasteiger partial charge in [-0.3, -0.25) is 9.59 Å². The lowest BCUT2D eigenvalue weighted by atomic mass is 10.1. The maximum Gasteiger partial charge on any atom is 0.222 e. The quantitative estimate of drug-likeness (QED) is 0.796. The molecule has 1 aliphatic rings. The minimum atomic E-state index is 0.168. The molecule has 1 aromatic carbocycles. The molecule has 2 amide bonds. The van der Waals surface area contributed by atoms with Gasteiger partial charge in [-0.15, -0.1) is 0 Å². The number of carbonyl (C=O) groups excluding carboxylic acids is 2. The molecule has 0 unspecified atom stereocenters. The summed E-state index contributed by atoms with van der Waals surface area (Å²) in [4.78, 5) is 28.6. The van der Waals surface area contributed by atoms with Gasteiger partial charge in [0.25, 0.3) is 0 Å². The van der Waals surface area contributed by atoms with Crippen molar-refractivity contribution in [2.24, 2.45) is 5.92 Å². The Bertz CT molecular complexity index is 586. The van der Waals surface area contributed by atoms with Crippen LogP contribution < -0.4 is 4.74 Å². The Morgan fingerprint density at radius 2 is 1.76 bits per heavy atom. The third kappa shape index (κ3) is 6.07. The topological polar surface area (TPSA) is 49.9 Å². The first-order valence-corrected chi connectivity index (χ1v) is 9.18. The fourth-order valence-corrected chi connectivity index (χ4v) is 3.13. The molecule has 0 aromatic heterocycles. The molecule has 0 spiro atoms. The van der Waals surface area contributed by atoms with Crippen LogP contribution in [0, 0.1) is 5.92 Å². The predicted octanol–water partition coefficient (Wildman–Crippen LogP) is 2.73. The van der Waals surface area contributed by atoms with Gasteiger partial charge >= 0.3 is 0 Å². The molecule has 2 rings (SSSR count). The van der Waals surface area contributed by atoms with Crippen molar-refractivity contribution >= 4 is 11.8 Å². The van der Waals surface area contributed by atoms with Crippen LogP contribution >= 0.6 is 0 Å². The fourth-order valence-electron chi connectivity index (χ4n) is 3.13. The standard InChI is InChI=1S/C20H30N2O3/c1-16(2)14-20(24)22-11-5-10-21(12-13-22)19(23)9-8-17-6-4-7-18(15-17)25-3/h4,6-7,15-16H,5,8-14H2,1-3H3. The summed E-state index contributed by atoms with van der Waals surface area (Å²) in [5, 5.41) is 0. The zero-order chi connectivity index (χ0) is 18.2. The number of benzene rings is 1. The average molecular weight is 346 g/mol. The second-order valence-corrected chi connectivity index (χ2v) is 7.06. The van der Waals surface area contributed by atoms with Crippen molar-refractivity contribution in [2.75, 3.05) is 33.3 Å². The van der Waals surface area contributed by atoms with E-state index in [0.717, 1.165) is 30.8 Å². The molecule has 5 heteroatoms. The Balaban J connectivity index is 1.83. The summed E-state index contributed by atoms with van der Waals surface area (Å²) >= 11 is 0. The van der Waals surface area contributed by atoms with E-state index < -0.39 is 0 Å². The molecule has 0 radical (unpaired) electrons. The monoisotopic (exact) mass is 346 g/mol. The van der Waals surface area contributed by atoms with Gasteiger partial charge in [-0.05, 0) is 36.5 Å². The Kier molecular flexibility index (Phi) is 7.29. The van der Waals surface area contributed by atoms with Crippen LogP contribution in [0.5, 0.6) is 5.75 Å². The number of nitrogens with zero attached hydrogens (tertiary/aromatic N) is 2. The van der Waals surface area contributed by atoms with E-state index in [1.165, 1.54) is 0 Å². The summed E-state index contributed by atoms with van der Waals surface area (Å²) in [6.45, 7) is 6.90. The van der Waals surface area contributed by atoms with Crippen LogP contribution in [-0.2, 0) is 16.0 Å². The van der Waals surface area contributed by atoms with E-state index in [9.17, 15) is 9.59 Å². The highest BCUT2D eigenvalue weighted by atomic mass is 16.5. The summed E-state index contributed by atoms with van der Waals surface area (Å²) in [6, 6.07) is 7.85. The molecular weight excluding hydrogens is 316 g/mol. The van der Waals surface area contributed by atoms with E-state index in [2.05, 4.69) is 13.8 Å². The van der Waals surface area contributed by atoms with Gasteiger partial charge in [-0.25, -0.2) is 0 Å². The fraction of sp³-hybridized carbons (Fsp3) is 0.600. The minimum Gasteiger partial charge on any atom is -0.497 e. The van der Waals surface area contributed by atoms with E-state index in [1.54, 1.807) is 7.11 Å². The van der Waals surface area contributed by atoms with Crippen molar-refractivity contribution in [3.63, 3.8) is 0 Å². The summed E-state index contributed by atoms with van der Waals surface area (Å²) in [5.74, 6) is 1.57. The van der Waals surface area contributed by atoms with E-state index >= 15 is 0 Å². The van der Waals surface area contributed by atoms with Crippen LogP contribution in [0.4, 0.5) is 0 Å². The first-order chi connectivity index (χ1) is 12.0. The summed E-state index contributed by atoms with van der Waals surface area (Å²) < 4.78 is 5.22. The highest BCUT2D eigenvalue weighted by molar-refractivity contribution is 5.78. The van der Waals surface area contributed by atoms with Crippen LogP contribution in [0.15, 0.2) is 24.3 Å². The number of amides is 2. The van der Waals surface area contributed by atoms with Gasteiger partial charge in [-0.1, -0.05) is 26.0 Å². The van der Waals surface area contributed by atoms with Gasteiger partial charge in [0.05, 0.1) is 7.11 Å². The van der Waals surface area contributed by atoms with Crippen molar-refractivity contribution in [1.29, 1.82) is 0 Å². The molecule has 1 heterocycles. The first kappa shape index (κ1) is 19.3. The number of rotatable bonds is 6. The largest absolute Gasteiger partial charge is 0.497 e. The second kappa shape index (κ2) is 9.44. The average Bonchev–Trinajstić information content (AvgIpc) is 2.85. The first-order valence-electron chi connectivity index (χ1n) is 9.18. The summed E-state index contributed by atoms with van der Waals surface area (Å²) in [6.07, 6.45) is 2.65. The molecule has 1 aromatic rings. The smallest absolute Gasteiger partial charge is 0.222 e. The van der Waals surface area contributed by atoms with Crippen molar-refractivity contribution in [1.82, 2.24) is 9.80 Å². The SMILES string of the molecule is COc1cccc(CCC(=O)N2CCCN(C(=O)CC(C)C)CC2)c1. The number of aryl methyl sites for hydroxylation is 1. The van der Waals surface area contributed by atoms with Crippen LogP contribution in [0.25, 0.3) is 0 Å². The highest BCUT2D eigenvalue weighted by Crippen LogP contribution is 2.15. The third-order valence-corrected chi connectivity index (χ3v) is 4.55. The van der Waals surface area contributed by atoms with Crippen LogP contribution in [0.3, 0.4) is 0 Å². The Hall–Kier alpha value is -2.04. The number of hydrogen-bond acceptors (Lipinski definition) is 3. The number of carbonyl (C=O) groups is 2. The molecule has 0 N–H and O–H groups in total. The summed E-state index contributed by atoms with van der Waals surface area (Å²) in [5.41, 5.74) is 1.11. The van der Waals surface area contributed by atoms with E-state index in [1.807, 2.05) is 34.1 Å². The lowest BCUT2D eigenvalue weighted by Gasteiger charge is -2.23. The van der Waals surface area contributed by atoms with Gasteiger partial charge in [0.15, 0.2) is 0 Å². The molecule has 1 aliphatic heterocycles. The molecule has 25 heavy (non-hydrogen) atoms. The number of hydrogen-bond donors (Lipinski definition) is 0. The van der Waals surface area contributed by atoms with Crippen molar-refractivity contribution < 1.29 is 14.3 Å². The Morgan fingerprint density at radius 3 is 2.40 bits per heavy atom. The van der Waals surface area contributed by atoms with Crippen LogP contribution in [-0.4, -0.2) is 54.9 Å². The van der Waals surface area contributed by atoms with Crippen molar-refractivity contribution in [3.05, 3.63) is 29.8 Å². The second-order valence-electron chi connectivity index (χ2n) is 7.06. The van der Waals surface area contributed by atoms with Gasteiger partial charge in [-0.2, -0.15) is 0 Å². The van der Waals surface area contributed by atoms with Crippen molar-refractivity contribution in [3.8, 4) is 5.75 Å².